The molecule has 1 aromatic heterocycles. The first-order valence-electron chi connectivity index (χ1n) is 5.64. The Morgan fingerprint density at radius 1 is 1.33 bits per heavy atom. The molecule has 3 nitrogen and oxygen atoms in total. The highest BCUT2D eigenvalue weighted by atomic mass is 15.1. The van der Waals surface area contributed by atoms with Crippen molar-refractivity contribution < 1.29 is 0 Å². The second-order valence-electron chi connectivity index (χ2n) is 3.64. The number of hydrogen-bond donors (Lipinski definition) is 1. The first-order valence-corrected chi connectivity index (χ1v) is 5.64. The Balaban J connectivity index is 2.34. The molecular formula is C12H21N3. The van der Waals surface area contributed by atoms with Crippen LogP contribution in [0.5, 0.6) is 0 Å². The first-order chi connectivity index (χ1) is 7.27. The average Bonchev–Trinajstić information content (AvgIpc) is 2.27. The number of anilines is 1. The van der Waals surface area contributed by atoms with Crippen LogP contribution in [0.15, 0.2) is 18.5 Å². The molecule has 1 rings (SSSR count). The highest BCUT2D eigenvalue weighted by Crippen LogP contribution is 2.10. The van der Waals surface area contributed by atoms with Crippen molar-refractivity contribution in [2.24, 2.45) is 0 Å². The largest absolute Gasteiger partial charge is 0.383 e. The average molecular weight is 207 g/mol. The molecule has 0 unspecified atom stereocenters. The van der Waals surface area contributed by atoms with E-state index in [1.807, 2.05) is 18.5 Å². The second kappa shape index (κ2) is 6.40. The lowest BCUT2D eigenvalue weighted by Crippen LogP contribution is -2.28. The van der Waals surface area contributed by atoms with E-state index in [0.717, 1.165) is 26.2 Å². The van der Waals surface area contributed by atoms with Gasteiger partial charge in [0.25, 0.3) is 0 Å². The van der Waals surface area contributed by atoms with Crippen molar-refractivity contribution in [3.05, 3.63) is 24.0 Å². The number of aromatic nitrogens is 1. The standard InChI is InChI=1S/C12H21N3/c1-4-15(5-2)9-8-14-12-6-7-13-10-11(12)3/h6-7,10H,4-5,8-9H2,1-3H3,(H,13,14). The van der Waals surface area contributed by atoms with E-state index < -0.39 is 0 Å². The number of likely N-dealkylation sites (N-methyl/N-ethyl adjacent to an activating group) is 1. The lowest BCUT2D eigenvalue weighted by molar-refractivity contribution is 0.316. The van der Waals surface area contributed by atoms with Crippen molar-refractivity contribution >= 4 is 5.69 Å². The molecule has 0 aromatic carbocycles. The molecule has 3 heteroatoms. The van der Waals surface area contributed by atoms with E-state index in [0.29, 0.717) is 0 Å². The summed E-state index contributed by atoms with van der Waals surface area (Å²) in [7, 11) is 0. The van der Waals surface area contributed by atoms with Gasteiger partial charge in [-0.1, -0.05) is 13.8 Å². The summed E-state index contributed by atoms with van der Waals surface area (Å²) in [6, 6.07) is 2.03. The van der Waals surface area contributed by atoms with Gasteiger partial charge in [-0.3, -0.25) is 4.98 Å². The highest BCUT2D eigenvalue weighted by Gasteiger charge is 1.99. The molecule has 0 aliphatic rings. The van der Waals surface area contributed by atoms with Gasteiger partial charge in [-0.2, -0.15) is 0 Å². The van der Waals surface area contributed by atoms with Gasteiger partial charge in [0.2, 0.25) is 0 Å². The summed E-state index contributed by atoms with van der Waals surface area (Å²) in [5.41, 5.74) is 2.40. The smallest absolute Gasteiger partial charge is 0.0401 e. The predicted molar refractivity (Wildman–Crippen MR) is 65.3 cm³/mol. The van der Waals surface area contributed by atoms with Gasteiger partial charge in [-0.15, -0.1) is 0 Å². The van der Waals surface area contributed by atoms with Crippen LogP contribution in [0.2, 0.25) is 0 Å². The number of nitrogens with one attached hydrogen (secondary N) is 1. The van der Waals surface area contributed by atoms with Crippen LogP contribution in [0.3, 0.4) is 0 Å². The zero-order chi connectivity index (χ0) is 11.1. The van der Waals surface area contributed by atoms with Gasteiger partial charge < -0.3 is 10.2 Å². The maximum Gasteiger partial charge on any atom is 0.0401 e. The van der Waals surface area contributed by atoms with E-state index in [1.165, 1.54) is 11.3 Å². The van der Waals surface area contributed by atoms with E-state index in [9.17, 15) is 0 Å². The van der Waals surface area contributed by atoms with Gasteiger partial charge in [-0.05, 0) is 31.6 Å². The third-order valence-electron chi connectivity index (χ3n) is 2.66. The highest BCUT2D eigenvalue weighted by molar-refractivity contribution is 5.48. The SMILES string of the molecule is CCN(CC)CCNc1ccncc1C. The minimum Gasteiger partial charge on any atom is -0.383 e. The third kappa shape index (κ3) is 3.88. The van der Waals surface area contributed by atoms with E-state index in [2.05, 4.69) is 36.0 Å². The van der Waals surface area contributed by atoms with Crippen molar-refractivity contribution in [2.75, 3.05) is 31.5 Å². The molecule has 1 heterocycles. The van der Waals surface area contributed by atoms with Crippen molar-refractivity contribution in [1.82, 2.24) is 9.88 Å². The van der Waals surface area contributed by atoms with Gasteiger partial charge in [0.1, 0.15) is 0 Å². The number of nitrogens with zero attached hydrogens (tertiary/aromatic N) is 2. The normalized spacial score (nSPS) is 10.7. The van der Waals surface area contributed by atoms with Crippen LogP contribution in [0.1, 0.15) is 19.4 Å². The molecular weight excluding hydrogens is 186 g/mol. The Morgan fingerprint density at radius 3 is 2.67 bits per heavy atom. The van der Waals surface area contributed by atoms with Gasteiger partial charge >= 0.3 is 0 Å². The molecule has 0 radical (unpaired) electrons. The van der Waals surface area contributed by atoms with Crippen molar-refractivity contribution in [1.29, 1.82) is 0 Å². The lowest BCUT2D eigenvalue weighted by Gasteiger charge is -2.18. The van der Waals surface area contributed by atoms with Crippen LogP contribution in [0, 0.1) is 6.92 Å². The number of hydrogen-bond acceptors (Lipinski definition) is 3. The maximum absolute atomic E-state index is 4.07. The monoisotopic (exact) mass is 207 g/mol. The van der Waals surface area contributed by atoms with Gasteiger partial charge in [0.05, 0.1) is 0 Å². The van der Waals surface area contributed by atoms with Gasteiger partial charge in [0.15, 0.2) is 0 Å². The Morgan fingerprint density at radius 2 is 2.07 bits per heavy atom. The molecule has 0 saturated carbocycles. The molecule has 0 aliphatic carbocycles. The van der Waals surface area contributed by atoms with Crippen molar-refractivity contribution in [2.45, 2.75) is 20.8 Å². The molecule has 15 heavy (non-hydrogen) atoms. The fraction of sp³-hybridized carbons (Fsp3) is 0.583. The zero-order valence-corrected chi connectivity index (χ0v) is 9.95. The van der Waals surface area contributed by atoms with E-state index >= 15 is 0 Å². The Kier molecular flexibility index (Phi) is 5.12. The second-order valence-corrected chi connectivity index (χ2v) is 3.64. The summed E-state index contributed by atoms with van der Waals surface area (Å²) in [5.74, 6) is 0. The van der Waals surface area contributed by atoms with Crippen LogP contribution in [0.25, 0.3) is 0 Å². The predicted octanol–water partition coefficient (Wildman–Crippen LogP) is 2.14. The molecule has 0 atom stereocenters. The van der Waals surface area contributed by atoms with Crippen LogP contribution in [0.4, 0.5) is 5.69 Å². The summed E-state index contributed by atoms with van der Waals surface area (Å²) in [6.45, 7) is 10.8. The zero-order valence-electron chi connectivity index (χ0n) is 9.95. The molecule has 0 saturated heterocycles. The fourth-order valence-corrected chi connectivity index (χ4v) is 1.56. The minimum atomic E-state index is 0.993. The van der Waals surface area contributed by atoms with Gasteiger partial charge in [0, 0.05) is 31.2 Å². The number of aryl methyl sites for hydroxylation is 1. The molecule has 1 aromatic rings. The molecule has 0 fully saturated rings. The maximum atomic E-state index is 4.07. The van der Waals surface area contributed by atoms with Crippen LogP contribution < -0.4 is 5.32 Å². The summed E-state index contributed by atoms with van der Waals surface area (Å²) in [6.07, 6.45) is 3.71. The molecule has 0 spiro atoms. The molecule has 0 bridgehead atoms. The van der Waals surface area contributed by atoms with Crippen LogP contribution >= 0.6 is 0 Å². The first kappa shape index (κ1) is 12.0. The Bertz CT molecular complexity index is 282. The number of rotatable bonds is 6. The van der Waals surface area contributed by atoms with Crippen LogP contribution in [-0.4, -0.2) is 36.1 Å². The van der Waals surface area contributed by atoms with E-state index in [1.54, 1.807) is 0 Å². The van der Waals surface area contributed by atoms with E-state index in [4.69, 9.17) is 0 Å². The lowest BCUT2D eigenvalue weighted by atomic mass is 10.2. The van der Waals surface area contributed by atoms with E-state index in [-0.39, 0.29) is 0 Å². The molecule has 1 N–H and O–H groups in total. The molecule has 0 aliphatic heterocycles. The quantitative estimate of drug-likeness (QED) is 0.774. The Labute approximate surface area is 92.5 Å². The Hall–Kier alpha value is -1.09. The summed E-state index contributed by atoms with van der Waals surface area (Å²) in [4.78, 5) is 6.48. The molecule has 0 amide bonds. The third-order valence-corrected chi connectivity index (χ3v) is 2.66. The fourth-order valence-electron chi connectivity index (χ4n) is 1.56. The number of pyridine rings is 1. The summed E-state index contributed by atoms with van der Waals surface area (Å²) < 4.78 is 0. The van der Waals surface area contributed by atoms with Crippen molar-refractivity contribution in [3.8, 4) is 0 Å². The molecule has 84 valence electrons. The van der Waals surface area contributed by atoms with Crippen LogP contribution in [-0.2, 0) is 0 Å². The summed E-state index contributed by atoms with van der Waals surface area (Å²) >= 11 is 0. The topological polar surface area (TPSA) is 28.2 Å². The van der Waals surface area contributed by atoms with Gasteiger partial charge in [-0.25, -0.2) is 0 Å². The van der Waals surface area contributed by atoms with Crippen molar-refractivity contribution in [3.63, 3.8) is 0 Å². The minimum absolute atomic E-state index is 0.993. The summed E-state index contributed by atoms with van der Waals surface area (Å²) in [5, 5.41) is 3.43.